The minimum atomic E-state index is 0.00736. The topological polar surface area (TPSA) is 26.3 Å². The van der Waals surface area contributed by atoms with Crippen LogP contribution in [0.25, 0.3) is 0 Å². The normalized spacial score (nSPS) is 12.5. The van der Waals surface area contributed by atoms with Crippen LogP contribution >= 0.6 is 15.9 Å². The fraction of sp³-hybridized carbons (Fsp3) is 0.462. The Hall–Kier alpha value is -0.670. The van der Waals surface area contributed by atoms with Crippen molar-refractivity contribution in [3.8, 4) is 0 Å². The molecular weight excluding hydrogens is 268 g/mol. The lowest BCUT2D eigenvalue weighted by molar-refractivity contribution is 0.0893. The zero-order valence-corrected chi connectivity index (χ0v) is 11.5. The Balaban J connectivity index is 2.83. The number of benzene rings is 1. The molecule has 0 saturated heterocycles. The third kappa shape index (κ3) is 3.42. The quantitative estimate of drug-likeness (QED) is 0.772. The molecule has 3 heteroatoms. The van der Waals surface area contributed by atoms with E-state index in [0.717, 1.165) is 22.0 Å². The minimum absolute atomic E-state index is 0.00736. The first-order valence-electron chi connectivity index (χ1n) is 5.35. The fourth-order valence-electron chi connectivity index (χ4n) is 1.55. The van der Waals surface area contributed by atoms with E-state index in [0.29, 0.717) is 6.61 Å². The third-order valence-electron chi connectivity index (χ3n) is 2.67. The summed E-state index contributed by atoms with van der Waals surface area (Å²) >= 11 is 3.39. The number of halogens is 1. The van der Waals surface area contributed by atoms with Gasteiger partial charge in [-0.25, -0.2) is 0 Å². The van der Waals surface area contributed by atoms with Crippen LogP contribution in [-0.4, -0.2) is 19.5 Å². The van der Waals surface area contributed by atoms with Gasteiger partial charge in [0.15, 0.2) is 5.78 Å². The average Bonchev–Trinajstić information content (AvgIpc) is 2.28. The Kier molecular flexibility index (Phi) is 5.16. The summed E-state index contributed by atoms with van der Waals surface area (Å²) in [5.74, 6) is 0.198. The minimum Gasteiger partial charge on any atom is -0.385 e. The van der Waals surface area contributed by atoms with E-state index in [2.05, 4.69) is 15.9 Å². The number of ether oxygens (including phenoxy) is 1. The van der Waals surface area contributed by atoms with E-state index >= 15 is 0 Å². The summed E-state index contributed by atoms with van der Waals surface area (Å²) in [4.78, 5) is 12.1. The van der Waals surface area contributed by atoms with Gasteiger partial charge in [-0.1, -0.05) is 28.9 Å². The van der Waals surface area contributed by atoms with Gasteiger partial charge in [-0.3, -0.25) is 4.79 Å². The van der Waals surface area contributed by atoms with Gasteiger partial charge in [-0.2, -0.15) is 0 Å². The van der Waals surface area contributed by atoms with Crippen LogP contribution in [0.4, 0.5) is 0 Å². The van der Waals surface area contributed by atoms with Gasteiger partial charge in [0.05, 0.1) is 0 Å². The van der Waals surface area contributed by atoms with Gasteiger partial charge < -0.3 is 4.74 Å². The molecule has 1 rings (SSSR count). The lowest BCUT2D eigenvalue weighted by atomic mass is 9.94. The molecule has 1 aromatic rings. The fourth-order valence-corrected chi connectivity index (χ4v) is 1.91. The largest absolute Gasteiger partial charge is 0.385 e. The van der Waals surface area contributed by atoms with Gasteiger partial charge in [0.2, 0.25) is 0 Å². The van der Waals surface area contributed by atoms with Crippen molar-refractivity contribution in [3.63, 3.8) is 0 Å². The lowest BCUT2D eigenvalue weighted by Gasteiger charge is -2.12. The second kappa shape index (κ2) is 6.16. The van der Waals surface area contributed by atoms with Crippen LogP contribution in [0.1, 0.15) is 29.3 Å². The smallest absolute Gasteiger partial charge is 0.166 e. The third-order valence-corrected chi connectivity index (χ3v) is 3.16. The first-order valence-corrected chi connectivity index (χ1v) is 6.15. The number of carbonyl (C=O) groups excluding carboxylic acids is 1. The van der Waals surface area contributed by atoms with Gasteiger partial charge in [-0.15, -0.1) is 0 Å². The zero-order valence-electron chi connectivity index (χ0n) is 9.92. The molecule has 0 spiro atoms. The maximum atomic E-state index is 12.1. The molecule has 0 fully saturated rings. The molecule has 0 radical (unpaired) electrons. The van der Waals surface area contributed by atoms with Crippen molar-refractivity contribution < 1.29 is 9.53 Å². The maximum Gasteiger partial charge on any atom is 0.166 e. The van der Waals surface area contributed by atoms with Crippen molar-refractivity contribution in [2.45, 2.75) is 20.3 Å². The van der Waals surface area contributed by atoms with Crippen molar-refractivity contribution in [1.82, 2.24) is 0 Å². The highest BCUT2D eigenvalue weighted by atomic mass is 79.9. The predicted molar refractivity (Wildman–Crippen MR) is 68.9 cm³/mol. The summed E-state index contributed by atoms with van der Waals surface area (Å²) in [5.41, 5.74) is 1.83. The Morgan fingerprint density at radius 2 is 2.19 bits per heavy atom. The van der Waals surface area contributed by atoms with Gasteiger partial charge in [0.25, 0.3) is 0 Å². The summed E-state index contributed by atoms with van der Waals surface area (Å²) in [6.45, 7) is 4.53. The molecule has 88 valence electrons. The van der Waals surface area contributed by atoms with E-state index in [1.165, 1.54) is 0 Å². The number of methoxy groups -OCH3 is 1. The second-order valence-corrected chi connectivity index (χ2v) is 4.92. The number of carbonyl (C=O) groups is 1. The Bertz CT molecular complexity index is 374. The molecule has 1 unspecified atom stereocenters. The monoisotopic (exact) mass is 284 g/mol. The first kappa shape index (κ1) is 13.4. The van der Waals surface area contributed by atoms with Crippen LogP contribution in [-0.2, 0) is 4.74 Å². The Labute approximate surface area is 105 Å². The predicted octanol–water partition coefficient (Wildman–Crippen LogP) is 3.61. The number of aryl methyl sites for hydroxylation is 1. The molecule has 0 aliphatic rings. The zero-order chi connectivity index (χ0) is 12.1. The van der Waals surface area contributed by atoms with E-state index in [-0.39, 0.29) is 11.7 Å². The van der Waals surface area contributed by atoms with Gasteiger partial charge in [-0.05, 0) is 31.0 Å². The molecule has 0 heterocycles. The molecular formula is C13H17BrO2. The summed E-state index contributed by atoms with van der Waals surface area (Å²) in [6, 6.07) is 5.80. The number of hydrogen-bond acceptors (Lipinski definition) is 2. The van der Waals surface area contributed by atoms with Crippen LogP contribution in [0.15, 0.2) is 22.7 Å². The van der Waals surface area contributed by atoms with E-state index in [1.807, 2.05) is 32.0 Å². The highest BCUT2D eigenvalue weighted by Crippen LogP contribution is 2.20. The maximum absolute atomic E-state index is 12.1. The molecule has 0 aliphatic heterocycles. The van der Waals surface area contributed by atoms with Crippen LogP contribution < -0.4 is 0 Å². The molecule has 1 aromatic carbocycles. The molecule has 1 atom stereocenters. The first-order chi connectivity index (χ1) is 7.56. The van der Waals surface area contributed by atoms with Crippen LogP contribution in [0.5, 0.6) is 0 Å². The van der Waals surface area contributed by atoms with E-state index < -0.39 is 0 Å². The average molecular weight is 285 g/mol. The SMILES string of the molecule is COCCC(C)C(=O)c1cc(Br)ccc1C. The highest BCUT2D eigenvalue weighted by molar-refractivity contribution is 9.10. The van der Waals surface area contributed by atoms with Gasteiger partial charge >= 0.3 is 0 Å². The van der Waals surface area contributed by atoms with Crippen LogP contribution in [0, 0.1) is 12.8 Å². The standard InChI is InChI=1S/C13H17BrO2/c1-9-4-5-11(14)8-12(9)13(15)10(2)6-7-16-3/h4-5,8,10H,6-7H2,1-3H3. The van der Waals surface area contributed by atoms with Crippen LogP contribution in [0.3, 0.4) is 0 Å². The van der Waals surface area contributed by atoms with E-state index in [1.54, 1.807) is 7.11 Å². The lowest BCUT2D eigenvalue weighted by Crippen LogP contribution is -2.14. The van der Waals surface area contributed by atoms with E-state index in [4.69, 9.17) is 4.74 Å². The van der Waals surface area contributed by atoms with Crippen molar-refractivity contribution in [1.29, 1.82) is 0 Å². The molecule has 0 N–H and O–H groups in total. The van der Waals surface area contributed by atoms with Crippen molar-refractivity contribution in [2.24, 2.45) is 5.92 Å². The number of hydrogen-bond donors (Lipinski definition) is 0. The summed E-state index contributed by atoms with van der Waals surface area (Å²) in [5, 5.41) is 0. The number of ketones is 1. The molecule has 16 heavy (non-hydrogen) atoms. The highest BCUT2D eigenvalue weighted by Gasteiger charge is 2.16. The molecule has 0 aromatic heterocycles. The Morgan fingerprint density at radius 3 is 2.81 bits per heavy atom. The molecule has 0 aliphatic carbocycles. The van der Waals surface area contributed by atoms with Crippen molar-refractivity contribution in [2.75, 3.05) is 13.7 Å². The summed E-state index contributed by atoms with van der Waals surface area (Å²) < 4.78 is 5.94. The summed E-state index contributed by atoms with van der Waals surface area (Å²) in [7, 11) is 1.65. The number of Topliss-reactive ketones (excluding diaryl/α,β-unsaturated/α-hetero) is 1. The van der Waals surface area contributed by atoms with Crippen LogP contribution in [0.2, 0.25) is 0 Å². The van der Waals surface area contributed by atoms with Crippen molar-refractivity contribution in [3.05, 3.63) is 33.8 Å². The molecule has 2 nitrogen and oxygen atoms in total. The molecule has 0 amide bonds. The Morgan fingerprint density at radius 1 is 1.50 bits per heavy atom. The van der Waals surface area contributed by atoms with Gasteiger partial charge in [0.1, 0.15) is 0 Å². The second-order valence-electron chi connectivity index (χ2n) is 4.01. The summed E-state index contributed by atoms with van der Waals surface area (Å²) in [6.07, 6.45) is 0.765. The number of rotatable bonds is 5. The van der Waals surface area contributed by atoms with E-state index in [9.17, 15) is 4.79 Å². The molecule has 0 bridgehead atoms. The van der Waals surface area contributed by atoms with Crippen molar-refractivity contribution >= 4 is 21.7 Å². The van der Waals surface area contributed by atoms with Gasteiger partial charge in [0, 0.05) is 29.7 Å². The molecule has 0 saturated carbocycles.